The molecule has 3 aromatic rings. The van der Waals surface area contributed by atoms with Gasteiger partial charge in [-0.15, -0.1) is 0 Å². The number of thiocarbonyl (C=S) groups is 1. The summed E-state index contributed by atoms with van der Waals surface area (Å²) in [6.45, 7) is 2.77. The van der Waals surface area contributed by atoms with Crippen molar-refractivity contribution in [1.29, 1.82) is 0 Å². The van der Waals surface area contributed by atoms with E-state index in [4.69, 9.17) is 40.2 Å². The summed E-state index contributed by atoms with van der Waals surface area (Å²) in [6, 6.07) is 16.8. The van der Waals surface area contributed by atoms with E-state index in [-0.39, 0.29) is 23.3 Å². The molecule has 2 amide bonds. The Morgan fingerprint density at radius 3 is 2.43 bits per heavy atom. The van der Waals surface area contributed by atoms with Gasteiger partial charge in [0, 0.05) is 22.3 Å². The third kappa shape index (κ3) is 6.39. The molecule has 37 heavy (non-hydrogen) atoms. The van der Waals surface area contributed by atoms with Crippen LogP contribution in [-0.4, -0.2) is 41.0 Å². The van der Waals surface area contributed by atoms with Gasteiger partial charge in [-0.3, -0.25) is 14.5 Å². The Labute approximate surface area is 229 Å². The van der Waals surface area contributed by atoms with Crippen molar-refractivity contribution in [1.82, 2.24) is 4.90 Å². The van der Waals surface area contributed by atoms with Gasteiger partial charge in [-0.25, -0.2) is 4.39 Å². The number of benzene rings is 3. The molecule has 1 atom stereocenters. The third-order valence-electron chi connectivity index (χ3n) is 5.87. The molecular weight excluding hydrogens is 536 g/mol. The highest BCUT2D eigenvalue weighted by atomic mass is 35.5. The van der Waals surface area contributed by atoms with Crippen LogP contribution in [0.4, 0.5) is 15.8 Å². The van der Waals surface area contributed by atoms with E-state index in [1.165, 1.54) is 29.2 Å². The Bertz CT molecular complexity index is 1310. The molecule has 1 aliphatic rings. The highest BCUT2D eigenvalue weighted by molar-refractivity contribution is 7.80. The molecule has 0 saturated carbocycles. The molecule has 1 N–H and O–H groups in total. The van der Waals surface area contributed by atoms with Crippen LogP contribution in [0.25, 0.3) is 0 Å². The van der Waals surface area contributed by atoms with Gasteiger partial charge in [0.15, 0.2) is 5.11 Å². The van der Waals surface area contributed by atoms with Gasteiger partial charge in [-0.2, -0.15) is 0 Å². The van der Waals surface area contributed by atoms with Crippen molar-refractivity contribution in [2.75, 3.05) is 23.4 Å². The largest absolute Gasteiger partial charge is 0.494 e. The summed E-state index contributed by atoms with van der Waals surface area (Å²) in [5.41, 5.74) is 1.84. The van der Waals surface area contributed by atoms with E-state index in [1.807, 2.05) is 13.0 Å². The number of nitrogens with zero attached hydrogens (tertiary/aromatic N) is 2. The Morgan fingerprint density at radius 2 is 1.78 bits per heavy atom. The van der Waals surface area contributed by atoms with E-state index in [0.717, 1.165) is 5.56 Å². The van der Waals surface area contributed by atoms with Crippen LogP contribution in [0.15, 0.2) is 66.7 Å². The van der Waals surface area contributed by atoms with Gasteiger partial charge in [0.2, 0.25) is 5.91 Å². The molecule has 6 nitrogen and oxygen atoms in total. The number of carbonyl (C=O) groups is 2. The smallest absolute Gasteiger partial charge is 0.256 e. The van der Waals surface area contributed by atoms with E-state index in [2.05, 4.69) is 5.32 Å². The molecule has 0 unspecified atom stereocenters. The molecule has 1 heterocycles. The maximum absolute atomic E-state index is 13.5. The van der Waals surface area contributed by atoms with Crippen LogP contribution in [0, 0.1) is 5.82 Å². The number of hydrogen-bond donors (Lipinski definition) is 1. The second-order valence-corrected chi connectivity index (χ2v) is 9.55. The quantitative estimate of drug-likeness (QED) is 0.321. The van der Waals surface area contributed by atoms with Gasteiger partial charge in [0.1, 0.15) is 17.6 Å². The fourth-order valence-electron chi connectivity index (χ4n) is 4.07. The Kier molecular flexibility index (Phi) is 8.63. The predicted molar refractivity (Wildman–Crippen MR) is 148 cm³/mol. The number of nitrogens with one attached hydrogen (secondary N) is 1. The van der Waals surface area contributed by atoms with Gasteiger partial charge < -0.3 is 15.0 Å². The zero-order valence-corrected chi connectivity index (χ0v) is 22.2. The lowest BCUT2D eigenvalue weighted by Crippen LogP contribution is -2.39. The van der Waals surface area contributed by atoms with Crippen molar-refractivity contribution in [3.05, 3.63) is 88.2 Å². The number of halogens is 3. The highest BCUT2D eigenvalue weighted by Crippen LogP contribution is 2.29. The van der Waals surface area contributed by atoms with Gasteiger partial charge in [0.25, 0.3) is 5.91 Å². The first-order chi connectivity index (χ1) is 17.8. The zero-order valence-electron chi connectivity index (χ0n) is 19.9. The number of rotatable bonds is 9. The Morgan fingerprint density at radius 1 is 1.08 bits per heavy atom. The molecule has 10 heteroatoms. The number of carbonyl (C=O) groups excluding carboxylic acids is 2. The van der Waals surface area contributed by atoms with Crippen molar-refractivity contribution in [3.8, 4) is 5.75 Å². The summed E-state index contributed by atoms with van der Waals surface area (Å²) in [4.78, 5) is 29.5. The van der Waals surface area contributed by atoms with E-state index in [9.17, 15) is 14.0 Å². The minimum absolute atomic E-state index is 0.127. The number of amides is 2. The van der Waals surface area contributed by atoms with Crippen LogP contribution < -0.4 is 15.0 Å². The Balaban J connectivity index is 1.54. The van der Waals surface area contributed by atoms with E-state index in [0.29, 0.717) is 46.7 Å². The minimum Gasteiger partial charge on any atom is -0.494 e. The lowest BCUT2D eigenvalue weighted by molar-refractivity contribution is -0.124. The maximum Gasteiger partial charge on any atom is 0.256 e. The number of ether oxygens (including phenoxy) is 1. The molecule has 1 aliphatic heterocycles. The SMILES string of the molecule is CCOc1ccc(NC(=O)C[C@@H]2C(=O)N(c3ccc(F)cc3)C(=S)N2CCc2ccc(Cl)cc2Cl)cc1. The topological polar surface area (TPSA) is 61.9 Å². The second-order valence-electron chi connectivity index (χ2n) is 8.34. The fraction of sp³-hybridized carbons (Fsp3) is 0.222. The molecule has 1 fully saturated rings. The van der Waals surface area contributed by atoms with Crippen molar-refractivity contribution < 1.29 is 18.7 Å². The predicted octanol–water partition coefficient (Wildman–Crippen LogP) is 6.10. The lowest BCUT2D eigenvalue weighted by Gasteiger charge is -2.24. The fourth-order valence-corrected chi connectivity index (χ4v) is 4.99. The summed E-state index contributed by atoms with van der Waals surface area (Å²) < 4.78 is 18.9. The summed E-state index contributed by atoms with van der Waals surface area (Å²) in [5.74, 6) is -0.443. The molecule has 0 bridgehead atoms. The average molecular weight is 560 g/mol. The Hall–Kier alpha value is -3.20. The first-order valence-corrected chi connectivity index (χ1v) is 12.8. The summed E-state index contributed by atoms with van der Waals surface area (Å²) in [6.07, 6.45) is 0.343. The number of hydrogen-bond acceptors (Lipinski definition) is 4. The average Bonchev–Trinajstić information content (AvgIpc) is 3.09. The van der Waals surface area contributed by atoms with E-state index >= 15 is 0 Å². The normalized spacial score (nSPS) is 15.3. The van der Waals surface area contributed by atoms with Crippen molar-refractivity contribution in [2.24, 2.45) is 0 Å². The van der Waals surface area contributed by atoms with E-state index < -0.39 is 11.9 Å². The van der Waals surface area contributed by atoms with Crippen molar-refractivity contribution in [2.45, 2.75) is 25.8 Å². The highest BCUT2D eigenvalue weighted by Gasteiger charge is 2.44. The molecule has 3 aromatic carbocycles. The molecule has 0 aliphatic carbocycles. The first-order valence-electron chi connectivity index (χ1n) is 11.6. The van der Waals surface area contributed by atoms with Gasteiger partial charge in [-0.1, -0.05) is 29.3 Å². The van der Waals surface area contributed by atoms with Gasteiger partial charge >= 0.3 is 0 Å². The van der Waals surface area contributed by atoms with Crippen molar-refractivity contribution in [3.63, 3.8) is 0 Å². The summed E-state index contributed by atoms with van der Waals surface area (Å²) in [7, 11) is 0. The summed E-state index contributed by atoms with van der Waals surface area (Å²) in [5, 5.41) is 4.09. The standard InChI is InChI=1S/C27H24Cl2FN3O3S/c1-2-36-22-11-7-20(8-12-22)31-25(34)16-24-26(35)33(21-9-5-19(30)6-10-21)27(37)32(24)14-13-17-3-4-18(28)15-23(17)29/h3-12,15,24H,2,13-14,16H2,1H3,(H,31,34)/t24-/m1/s1. The molecule has 0 radical (unpaired) electrons. The third-order valence-corrected chi connectivity index (χ3v) is 6.87. The number of anilines is 2. The molecule has 0 aromatic heterocycles. The molecule has 4 rings (SSSR count). The van der Waals surface area contributed by atoms with Crippen LogP contribution in [0.5, 0.6) is 5.75 Å². The van der Waals surface area contributed by atoms with E-state index in [1.54, 1.807) is 41.3 Å². The minimum atomic E-state index is -0.841. The first kappa shape index (κ1) is 26.9. The molecule has 0 spiro atoms. The van der Waals surface area contributed by atoms with Crippen LogP contribution in [-0.2, 0) is 16.0 Å². The zero-order chi connectivity index (χ0) is 26.5. The van der Waals surface area contributed by atoms with Gasteiger partial charge in [-0.05, 0) is 91.8 Å². The molecular formula is C27H24Cl2FN3O3S. The van der Waals surface area contributed by atoms with Crippen LogP contribution in [0.3, 0.4) is 0 Å². The monoisotopic (exact) mass is 559 g/mol. The molecule has 1 saturated heterocycles. The van der Waals surface area contributed by atoms with Crippen LogP contribution in [0.1, 0.15) is 18.9 Å². The van der Waals surface area contributed by atoms with Gasteiger partial charge in [0.05, 0.1) is 18.7 Å². The summed E-state index contributed by atoms with van der Waals surface area (Å²) >= 11 is 18.0. The molecule has 192 valence electrons. The second kappa shape index (κ2) is 11.9. The maximum atomic E-state index is 13.5. The van der Waals surface area contributed by atoms with Crippen LogP contribution >= 0.6 is 35.4 Å². The van der Waals surface area contributed by atoms with Crippen LogP contribution in [0.2, 0.25) is 10.0 Å². The lowest BCUT2D eigenvalue weighted by atomic mass is 10.1. The van der Waals surface area contributed by atoms with Crippen molar-refractivity contribution >= 4 is 63.7 Å².